The van der Waals surface area contributed by atoms with E-state index in [0.29, 0.717) is 19.0 Å². The average molecular weight is 323 g/mol. The predicted molar refractivity (Wildman–Crippen MR) is 65.9 cm³/mol. The van der Waals surface area contributed by atoms with Gasteiger partial charge in [0.15, 0.2) is 4.60 Å². The van der Waals surface area contributed by atoms with Gasteiger partial charge < -0.3 is 0 Å². The van der Waals surface area contributed by atoms with E-state index in [2.05, 4.69) is 26.2 Å². The molecule has 0 atom stereocenters. The van der Waals surface area contributed by atoms with Crippen LogP contribution in [0.4, 0.5) is 0 Å². The smallest absolute Gasteiger partial charge is 0.235 e. The second kappa shape index (κ2) is 4.66. The van der Waals surface area contributed by atoms with E-state index in [1.807, 2.05) is 6.92 Å². The van der Waals surface area contributed by atoms with E-state index >= 15 is 0 Å². The van der Waals surface area contributed by atoms with Crippen LogP contribution in [0.2, 0.25) is 0 Å². The predicted octanol–water partition coefficient (Wildman–Crippen LogP) is 0.998. The van der Waals surface area contributed by atoms with Crippen LogP contribution in [-0.4, -0.2) is 40.8 Å². The van der Waals surface area contributed by atoms with E-state index in [1.54, 1.807) is 7.05 Å². The fourth-order valence-electron chi connectivity index (χ4n) is 1.70. The molecule has 6 nitrogen and oxygen atoms in total. The maximum atomic E-state index is 12.4. The summed E-state index contributed by atoms with van der Waals surface area (Å²) < 4.78 is 27.9. The van der Waals surface area contributed by atoms with E-state index in [1.165, 1.54) is 8.99 Å². The van der Waals surface area contributed by atoms with Crippen LogP contribution in [0.25, 0.3) is 0 Å². The Morgan fingerprint density at radius 1 is 1.53 bits per heavy atom. The molecule has 0 spiro atoms. The van der Waals surface area contributed by atoms with E-state index < -0.39 is 10.0 Å². The number of sulfonamides is 1. The maximum Gasteiger partial charge on any atom is 0.263 e. The molecule has 1 saturated carbocycles. The second-order valence-electron chi connectivity index (χ2n) is 4.21. The summed E-state index contributed by atoms with van der Waals surface area (Å²) in [4.78, 5) is 0. The molecule has 1 aliphatic rings. The molecule has 1 aromatic rings. The van der Waals surface area contributed by atoms with Crippen molar-refractivity contribution in [3.8, 4) is 0 Å². The van der Waals surface area contributed by atoms with Crippen molar-refractivity contribution in [2.24, 2.45) is 13.0 Å². The highest BCUT2D eigenvalue weighted by molar-refractivity contribution is 9.10. The summed E-state index contributed by atoms with van der Waals surface area (Å²) in [7, 11) is -1.92. The van der Waals surface area contributed by atoms with Gasteiger partial charge in [-0.05, 0) is 34.7 Å². The summed E-state index contributed by atoms with van der Waals surface area (Å²) in [6.07, 6.45) is 2.24. The molecule has 2 rings (SSSR count). The lowest BCUT2D eigenvalue weighted by atomic mass is 10.4. The molecule has 0 saturated heterocycles. The van der Waals surface area contributed by atoms with Gasteiger partial charge in [0.05, 0.1) is 0 Å². The number of hydrogen-bond acceptors (Lipinski definition) is 4. The van der Waals surface area contributed by atoms with Crippen LogP contribution in [0.5, 0.6) is 0 Å². The summed E-state index contributed by atoms with van der Waals surface area (Å²) in [5.74, 6) is 0.518. The van der Waals surface area contributed by atoms with E-state index in [4.69, 9.17) is 0 Å². The lowest BCUT2D eigenvalue weighted by Crippen LogP contribution is -2.34. The third-order valence-corrected chi connectivity index (χ3v) is 5.66. The molecule has 0 N–H and O–H groups in total. The van der Waals surface area contributed by atoms with Crippen molar-refractivity contribution < 1.29 is 8.42 Å². The molecule has 96 valence electrons. The highest BCUT2D eigenvalue weighted by Gasteiger charge is 2.34. The van der Waals surface area contributed by atoms with Crippen LogP contribution in [-0.2, 0) is 17.1 Å². The topological polar surface area (TPSA) is 68.1 Å². The second-order valence-corrected chi connectivity index (χ2v) is 6.81. The van der Waals surface area contributed by atoms with Crippen molar-refractivity contribution in [1.82, 2.24) is 19.3 Å². The Bertz CT molecular complexity index is 490. The Morgan fingerprint density at radius 2 is 2.18 bits per heavy atom. The van der Waals surface area contributed by atoms with Crippen LogP contribution in [0.3, 0.4) is 0 Å². The zero-order valence-corrected chi connectivity index (χ0v) is 12.2. The van der Waals surface area contributed by atoms with Gasteiger partial charge in [-0.3, -0.25) is 0 Å². The number of halogens is 1. The quantitative estimate of drug-likeness (QED) is 0.811. The van der Waals surface area contributed by atoms with Crippen molar-refractivity contribution >= 4 is 26.0 Å². The van der Waals surface area contributed by atoms with Crippen molar-refractivity contribution in [1.29, 1.82) is 0 Å². The molecular formula is C9H15BrN4O2S. The van der Waals surface area contributed by atoms with Gasteiger partial charge in [0.1, 0.15) is 0 Å². The molecule has 0 bridgehead atoms. The van der Waals surface area contributed by atoms with Crippen LogP contribution in [0, 0.1) is 5.92 Å². The van der Waals surface area contributed by atoms with Crippen LogP contribution in [0.15, 0.2) is 9.63 Å². The molecule has 0 aliphatic heterocycles. The molecular weight excluding hydrogens is 308 g/mol. The third-order valence-electron chi connectivity index (χ3n) is 2.83. The number of rotatable bonds is 5. The van der Waals surface area contributed by atoms with Gasteiger partial charge in [0, 0.05) is 20.1 Å². The Hall–Kier alpha value is -0.470. The zero-order chi connectivity index (χ0) is 12.6. The molecule has 0 aromatic carbocycles. The molecule has 1 heterocycles. The SMILES string of the molecule is CCN(CC1CC1)S(=O)(=O)c1c(Br)nnn1C. The zero-order valence-electron chi connectivity index (χ0n) is 9.80. The van der Waals surface area contributed by atoms with Crippen molar-refractivity contribution in [3.63, 3.8) is 0 Å². The molecule has 0 amide bonds. The molecule has 0 radical (unpaired) electrons. The lowest BCUT2D eigenvalue weighted by Gasteiger charge is -2.19. The minimum Gasteiger partial charge on any atom is -0.235 e. The highest BCUT2D eigenvalue weighted by Crippen LogP contribution is 2.32. The molecule has 1 aromatic heterocycles. The lowest BCUT2D eigenvalue weighted by molar-refractivity contribution is 0.406. The van der Waals surface area contributed by atoms with Crippen molar-refractivity contribution in [2.45, 2.75) is 24.8 Å². The third kappa shape index (κ3) is 2.53. The largest absolute Gasteiger partial charge is 0.263 e. The summed E-state index contributed by atoms with van der Waals surface area (Å²) in [5.41, 5.74) is 0. The summed E-state index contributed by atoms with van der Waals surface area (Å²) in [6.45, 7) is 2.91. The fraction of sp³-hybridized carbons (Fsp3) is 0.778. The van der Waals surface area contributed by atoms with Crippen LogP contribution in [0.1, 0.15) is 19.8 Å². The number of aromatic nitrogens is 3. The molecule has 0 unspecified atom stereocenters. The number of aryl methyl sites for hydroxylation is 1. The molecule has 17 heavy (non-hydrogen) atoms. The van der Waals surface area contributed by atoms with Gasteiger partial charge >= 0.3 is 0 Å². The Morgan fingerprint density at radius 3 is 2.59 bits per heavy atom. The van der Waals surface area contributed by atoms with Gasteiger partial charge in [-0.2, -0.15) is 4.31 Å². The first-order valence-electron chi connectivity index (χ1n) is 5.52. The maximum absolute atomic E-state index is 12.4. The van der Waals surface area contributed by atoms with Gasteiger partial charge in [-0.15, -0.1) is 5.10 Å². The Labute approximate surface area is 109 Å². The number of hydrogen-bond donors (Lipinski definition) is 0. The van der Waals surface area contributed by atoms with Gasteiger partial charge in [-0.1, -0.05) is 12.1 Å². The van der Waals surface area contributed by atoms with Gasteiger partial charge in [0.25, 0.3) is 10.0 Å². The highest BCUT2D eigenvalue weighted by atomic mass is 79.9. The summed E-state index contributed by atoms with van der Waals surface area (Å²) in [6, 6.07) is 0. The molecule has 1 fully saturated rings. The average Bonchev–Trinajstić information content (AvgIpc) is 3.00. The van der Waals surface area contributed by atoms with Crippen molar-refractivity contribution in [2.75, 3.05) is 13.1 Å². The first-order chi connectivity index (χ1) is 7.96. The van der Waals surface area contributed by atoms with Crippen molar-refractivity contribution in [3.05, 3.63) is 4.60 Å². The number of nitrogens with zero attached hydrogens (tertiary/aromatic N) is 4. The van der Waals surface area contributed by atoms with Gasteiger partial charge in [-0.25, -0.2) is 13.1 Å². The molecule has 1 aliphatic carbocycles. The standard InChI is InChI=1S/C9H15BrN4O2S/c1-3-14(6-7-4-5-7)17(15,16)9-8(10)11-12-13(9)2/h7H,3-6H2,1-2H3. The normalized spacial score (nSPS) is 16.7. The Balaban J connectivity index is 2.33. The Kier molecular flexibility index (Phi) is 3.55. The van der Waals surface area contributed by atoms with Gasteiger partial charge in [0.2, 0.25) is 5.03 Å². The minimum absolute atomic E-state index is 0.125. The van der Waals surface area contributed by atoms with E-state index in [9.17, 15) is 8.42 Å². The first-order valence-corrected chi connectivity index (χ1v) is 7.75. The van der Waals surface area contributed by atoms with E-state index in [-0.39, 0.29) is 9.63 Å². The monoisotopic (exact) mass is 322 g/mol. The summed E-state index contributed by atoms with van der Waals surface area (Å²) >= 11 is 3.13. The minimum atomic E-state index is -3.50. The van der Waals surface area contributed by atoms with E-state index in [0.717, 1.165) is 12.8 Å². The van der Waals surface area contributed by atoms with Crippen LogP contribution < -0.4 is 0 Å². The summed E-state index contributed by atoms with van der Waals surface area (Å²) in [5, 5.41) is 7.55. The fourth-order valence-corrected chi connectivity index (χ4v) is 4.26. The molecule has 8 heteroatoms. The van der Waals surface area contributed by atoms with Crippen LogP contribution >= 0.6 is 15.9 Å². The first kappa shape index (κ1) is 13.0.